The van der Waals surface area contributed by atoms with Gasteiger partial charge >= 0.3 is 0 Å². The van der Waals surface area contributed by atoms with Crippen molar-refractivity contribution in [2.24, 2.45) is 0 Å². The van der Waals surface area contributed by atoms with E-state index in [9.17, 15) is 5.11 Å². The van der Waals surface area contributed by atoms with Crippen LogP contribution in [-0.2, 0) is 6.54 Å². The van der Waals surface area contributed by atoms with Crippen LogP contribution in [-0.4, -0.2) is 30.5 Å². The number of benzene rings is 1. The van der Waals surface area contributed by atoms with Crippen LogP contribution in [0, 0.1) is 0 Å². The Morgan fingerprint density at radius 2 is 2.00 bits per heavy atom. The average Bonchev–Trinajstić information content (AvgIpc) is 2.47. The van der Waals surface area contributed by atoms with Crippen molar-refractivity contribution in [2.75, 3.05) is 7.11 Å². The molecule has 118 valence electrons. The summed E-state index contributed by atoms with van der Waals surface area (Å²) in [5.41, 5.74) is 1.14. The summed E-state index contributed by atoms with van der Waals surface area (Å²) in [7, 11) is 1.66. The highest BCUT2D eigenvalue weighted by molar-refractivity contribution is 5.43. The van der Waals surface area contributed by atoms with E-state index in [0.29, 0.717) is 0 Å². The molecular formula is C17H27NO3. The van der Waals surface area contributed by atoms with E-state index in [0.717, 1.165) is 42.9 Å². The molecule has 1 aromatic carbocycles. The van der Waals surface area contributed by atoms with Crippen LogP contribution >= 0.6 is 0 Å². The molecule has 1 aliphatic rings. The lowest BCUT2D eigenvalue weighted by molar-refractivity contribution is 0.0902. The molecule has 1 saturated carbocycles. The molecule has 21 heavy (non-hydrogen) atoms. The summed E-state index contributed by atoms with van der Waals surface area (Å²) in [6, 6.07) is 6.20. The van der Waals surface area contributed by atoms with Gasteiger partial charge in [0.05, 0.1) is 19.3 Å². The van der Waals surface area contributed by atoms with Crippen LogP contribution < -0.4 is 14.8 Å². The van der Waals surface area contributed by atoms with Gasteiger partial charge in [-0.3, -0.25) is 0 Å². The van der Waals surface area contributed by atoms with Gasteiger partial charge in [-0.2, -0.15) is 0 Å². The van der Waals surface area contributed by atoms with Gasteiger partial charge in [-0.25, -0.2) is 0 Å². The molecule has 0 aliphatic heterocycles. The molecule has 4 heteroatoms. The molecule has 1 fully saturated rings. The number of aliphatic hydroxyl groups excluding tert-OH is 1. The topological polar surface area (TPSA) is 50.7 Å². The van der Waals surface area contributed by atoms with Crippen molar-refractivity contribution < 1.29 is 14.6 Å². The fourth-order valence-electron chi connectivity index (χ4n) is 2.77. The van der Waals surface area contributed by atoms with E-state index in [4.69, 9.17) is 9.47 Å². The van der Waals surface area contributed by atoms with E-state index in [-0.39, 0.29) is 18.2 Å². The lowest BCUT2D eigenvalue weighted by Gasteiger charge is -2.28. The SMILES string of the molecule is COc1cc(CNC2CCCCC2O)ccc1OC(C)C. The van der Waals surface area contributed by atoms with Crippen molar-refractivity contribution in [1.29, 1.82) is 0 Å². The summed E-state index contributed by atoms with van der Waals surface area (Å²) in [5.74, 6) is 1.53. The number of hydrogen-bond acceptors (Lipinski definition) is 4. The maximum absolute atomic E-state index is 9.98. The van der Waals surface area contributed by atoms with E-state index in [2.05, 4.69) is 5.32 Å². The zero-order valence-electron chi connectivity index (χ0n) is 13.3. The lowest BCUT2D eigenvalue weighted by Crippen LogP contribution is -2.41. The third kappa shape index (κ3) is 4.61. The molecule has 2 N–H and O–H groups in total. The van der Waals surface area contributed by atoms with Gasteiger partial charge in [-0.05, 0) is 44.4 Å². The van der Waals surface area contributed by atoms with Crippen molar-refractivity contribution in [3.05, 3.63) is 23.8 Å². The average molecular weight is 293 g/mol. The Balaban J connectivity index is 1.97. The van der Waals surface area contributed by atoms with Crippen LogP contribution in [0.3, 0.4) is 0 Å². The standard InChI is InChI=1S/C17H27NO3/c1-12(2)21-16-9-8-13(10-17(16)20-3)11-18-14-6-4-5-7-15(14)19/h8-10,12,14-15,18-19H,4-7,11H2,1-3H3. The van der Waals surface area contributed by atoms with Crippen LogP contribution in [0.15, 0.2) is 18.2 Å². The Bertz CT molecular complexity index is 448. The van der Waals surface area contributed by atoms with Gasteiger partial charge in [0, 0.05) is 12.6 Å². The Morgan fingerprint density at radius 1 is 1.24 bits per heavy atom. The van der Waals surface area contributed by atoms with Gasteiger partial charge in [0.2, 0.25) is 0 Å². The van der Waals surface area contributed by atoms with Crippen molar-refractivity contribution in [3.63, 3.8) is 0 Å². The van der Waals surface area contributed by atoms with E-state index in [1.54, 1.807) is 7.11 Å². The van der Waals surface area contributed by atoms with Gasteiger partial charge in [0.1, 0.15) is 0 Å². The zero-order valence-corrected chi connectivity index (χ0v) is 13.3. The molecule has 1 aliphatic carbocycles. The van der Waals surface area contributed by atoms with Crippen molar-refractivity contribution in [1.82, 2.24) is 5.32 Å². The number of methoxy groups -OCH3 is 1. The highest BCUT2D eigenvalue weighted by Gasteiger charge is 2.22. The normalized spacial score (nSPS) is 22.3. The first kappa shape index (κ1) is 16.1. The molecule has 1 aromatic rings. The van der Waals surface area contributed by atoms with Gasteiger partial charge in [-0.15, -0.1) is 0 Å². The molecule has 0 aromatic heterocycles. The van der Waals surface area contributed by atoms with Crippen LogP contribution in [0.4, 0.5) is 0 Å². The second kappa shape index (κ2) is 7.66. The number of hydrogen-bond donors (Lipinski definition) is 2. The molecule has 0 spiro atoms. The molecule has 2 atom stereocenters. The fourth-order valence-corrected chi connectivity index (χ4v) is 2.77. The van der Waals surface area contributed by atoms with Gasteiger partial charge in [0.15, 0.2) is 11.5 Å². The minimum Gasteiger partial charge on any atom is -0.493 e. The minimum atomic E-state index is -0.218. The van der Waals surface area contributed by atoms with Gasteiger partial charge in [0.25, 0.3) is 0 Å². The quantitative estimate of drug-likeness (QED) is 0.847. The van der Waals surface area contributed by atoms with Crippen LogP contribution in [0.2, 0.25) is 0 Å². The van der Waals surface area contributed by atoms with Crippen molar-refractivity contribution in [2.45, 2.75) is 64.3 Å². The van der Waals surface area contributed by atoms with E-state index >= 15 is 0 Å². The second-order valence-corrected chi connectivity index (χ2v) is 5.99. The van der Waals surface area contributed by atoms with E-state index in [1.807, 2.05) is 32.0 Å². The first-order valence-electron chi connectivity index (χ1n) is 7.85. The maximum atomic E-state index is 9.98. The van der Waals surface area contributed by atoms with Crippen molar-refractivity contribution >= 4 is 0 Å². The summed E-state index contributed by atoms with van der Waals surface area (Å²) >= 11 is 0. The van der Waals surface area contributed by atoms with Gasteiger partial charge in [-0.1, -0.05) is 18.9 Å². The number of ether oxygens (including phenoxy) is 2. The summed E-state index contributed by atoms with van der Waals surface area (Å²) in [4.78, 5) is 0. The Morgan fingerprint density at radius 3 is 2.67 bits per heavy atom. The maximum Gasteiger partial charge on any atom is 0.161 e. The molecular weight excluding hydrogens is 266 g/mol. The molecule has 0 amide bonds. The highest BCUT2D eigenvalue weighted by Crippen LogP contribution is 2.29. The third-order valence-electron chi connectivity index (χ3n) is 3.89. The van der Waals surface area contributed by atoms with Crippen LogP contribution in [0.5, 0.6) is 11.5 Å². The summed E-state index contributed by atoms with van der Waals surface area (Å²) < 4.78 is 11.1. The number of aliphatic hydroxyl groups is 1. The summed E-state index contributed by atoms with van der Waals surface area (Å²) in [6.45, 7) is 4.73. The van der Waals surface area contributed by atoms with E-state index < -0.39 is 0 Å². The summed E-state index contributed by atoms with van der Waals surface area (Å²) in [5, 5.41) is 13.4. The minimum absolute atomic E-state index is 0.125. The monoisotopic (exact) mass is 293 g/mol. The molecule has 0 radical (unpaired) electrons. The molecule has 2 unspecified atom stereocenters. The first-order chi connectivity index (χ1) is 10.1. The van der Waals surface area contributed by atoms with Crippen molar-refractivity contribution in [3.8, 4) is 11.5 Å². The molecule has 0 heterocycles. The first-order valence-corrected chi connectivity index (χ1v) is 7.85. The molecule has 4 nitrogen and oxygen atoms in total. The molecule has 0 bridgehead atoms. The predicted octanol–water partition coefficient (Wildman–Crippen LogP) is 2.88. The Hall–Kier alpha value is -1.26. The van der Waals surface area contributed by atoms with Crippen LogP contribution in [0.1, 0.15) is 45.1 Å². The zero-order chi connectivity index (χ0) is 15.2. The highest BCUT2D eigenvalue weighted by atomic mass is 16.5. The fraction of sp³-hybridized carbons (Fsp3) is 0.647. The second-order valence-electron chi connectivity index (χ2n) is 5.99. The smallest absolute Gasteiger partial charge is 0.161 e. The lowest BCUT2D eigenvalue weighted by atomic mass is 9.92. The number of rotatable bonds is 6. The largest absolute Gasteiger partial charge is 0.493 e. The van der Waals surface area contributed by atoms with Gasteiger partial charge < -0.3 is 19.9 Å². The molecule has 0 saturated heterocycles. The Kier molecular flexibility index (Phi) is 5.88. The Labute approximate surface area is 127 Å². The van der Waals surface area contributed by atoms with Crippen LogP contribution in [0.25, 0.3) is 0 Å². The summed E-state index contributed by atoms with van der Waals surface area (Å²) in [6.07, 6.45) is 4.19. The number of nitrogens with one attached hydrogen (secondary N) is 1. The predicted molar refractivity (Wildman–Crippen MR) is 83.9 cm³/mol. The molecule has 2 rings (SSSR count). The van der Waals surface area contributed by atoms with E-state index in [1.165, 1.54) is 6.42 Å². The third-order valence-corrected chi connectivity index (χ3v) is 3.89.